The van der Waals surface area contributed by atoms with Gasteiger partial charge in [-0.2, -0.15) is 0 Å². The Morgan fingerprint density at radius 2 is 2.14 bits per heavy atom. The molecule has 2 N–H and O–H groups in total. The van der Waals surface area contributed by atoms with Crippen molar-refractivity contribution in [3.8, 4) is 0 Å². The summed E-state index contributed by atoms with van der Waals surface area (Å²) >= 11 is 0. The predicted molar refractivity (Wildman–Crippen MR) is 84.7 cm³/mol. The molecule has 1 fully saturated rings. The summed E-state index contributed by atoms with van der Waals surface area (Å²) < 4.78 is 0. The van der Waals surface area contributed by atoms with Crippen LogP contribution in [0.5, 0.6) is 0 Å². The maximum atomic E-state index is 12.1. The molecule has 0 aromatic carbocycles. The van der Waals surface area contributed by atoms with Gasteiger partial charge in [0.15, 0.2) is 0 Å². The molecule has 1 aliphatic heterocycles. The molecule has 6 nitrogen and oxygen atoms in total. The Morgan fingerprint density at radius 3 is 2.76 bits per heavy atom. The highest BCUT2D eigenvalue weighted by molar-refractivity contribution is 5.86. The van der Waals surface area contributed by atoms with Crippen LogP contribution in [0, 0.1) is 6.92 Å². The van der Waals surface area contributed by atoms with Crippen LogP contribution in [0.2, 0.25) is 0 Å². The Balaban J connectivity index is 2.45. The van der Waals surface area contributed by atoms with Gasteiger partial charge in [0, 0.05) is 32.1 Å². The highest BCUT2D eigenvalue weighted by Gasteiger charge is 2.30. The third kappa shape index (κ3) is 3.09. The first-order chi connectivity index (χ1) is 10.1. The number of carbonyl (C=O) groups is 1. The summed E-state index contributed by atoms with van der Waals surface area (Å²) in [4.78, 5) is 23.5. The zero-order valence-electron chi connectivity index (χ0n) is 13.4. The van der Waals surface area contributed by atoms with Gasteiger partial charge >= 0.3 is 0 Å². The molecule has 0 bridgehead atoms. The van der Waals surface area contributed by atoms with Gasteiger partial charge in [0.25, 0.3) is 0 Å². The van der Waals surface area contributed by atoms with Gasteiger partial charge in [-0.25, -0.2) is 9.97 Å². The molecule has 1 atom stereocenters. The van der Waals surface area contributed by atoms with Crippen LogP contribution < -0.4 is 15.5 Å². The number of anilines is 2. The number of nitrogens with one attached hydrogen (secondary N) is 2. The molecule has 0 saturated carbocycles. The van der Waals surface area contributed by atoms with E-state index < -0.39 is 0 Å². The van der Waals surface area contributed by atoms with Crippen molar-refractivity contribution in [3.05, 3.63) is 11.4 Å². The Morgan fingerprint density at radius 1 is 1.38 bits per heavy atom. The van der Waals surface area contributed by atoms with Crippen molar-refractivity contribution in [2.75, 3.05) is 30.4 Å². The van der Waals surface area contributed by atoms with Crippen molar-refractivity contribution in [1.29, 1.82) is 0 Å². The van der Waals surface area contributed by atoms with Crippen molar-refractivity contribution in [1.82, 2.24) is 15.3 Å². The molecule has 1 aromatic heterocycles. The van der Waals surface area contributed by atoms with E-state index in [9.17, 15) is 4.79 Å². The van der Waals surface area contributed by atoms with E-state index in [1.165, 1.54) is 0 Å². The van der Waals surface area contributed by atoms with Gasteiger partial charge in [-0.1, -0.05) is 13.8 Å². The smallest absolute Gasteiger partial charge is 0.242 e. The molecule has 1 aliphatic rings. The number of amides is 1. The van der Waals surface area contributed by atoms with E-state index in [0.29, 0.717) is 6.54 Å². The molecule has 2 rings (SSSR count). The minimum absolute atomic E-state index is 0.0878. The van der Waals surface area contributed by atoms with E-state index >= 15 is 0 Å². The topological polar surface area (TPSA) is 70.2 Å². The fraction of sp³-hybridized carbons (Fsp3) is 0.667. The lowest BCUT2D eigenvalue weighted by atomic mass is 10.1. The SMILES string of the molecule is CCCc1nc(NC)c(C)c(N2CCNC(=O)C2CC)n1. The van der Waals surface area contributed by atoms with E-state index in [-0.39, 0.29) is 11.9 Å². The van der Waals surface area contributed by atoms with Crippen LogP contribution in [-0.4, -0.2) is 42.1 Å². The number of aromatic nitrogens is 2. The van der Waals surface area contributed by atoms with Crippen LogP contribution in [0.15, 0.2) is 0 Å². The Bertz CT molecular complexity index is 517. The summed E-state index contributed by atoms with van der Waals surface area (Å²) in [6.07, 6.45) is 2.62. The maximum Gasteiger partial charge on any atom is 0.242 e. The van der Waals surface area contributed by atoms with Crippen molar-refractivity contribution < 1.29 is 4.79 Å². The van der Waals surface area contributed by atoms with Crippen molar-refractivity contribution in [2.45, 2.75) is 46.1 Å². The summed E-state index contributed by atoms with van der Waals surface area (Å²) in [6.45, 7) is 7.61. The molecule has 0 aliphatic carbocycles. The monoisotopic (exact) mass is 291 g/mol. The third-order valence-corrected chi connectivity index (χ3v) is 3.87. The first-order valence-corrected chi connectivity index (χ1v) is 7.71. The lowest BCUT2D eigenvalue weighted by molar-refractivity contribution is -0.123. The molecule has 1 aromatic rings. The molecule has 6 heteroatoms. The molecule has 2 heterocycles. The molecule has 1 saturated heterocycles. The van der Waals surface area contributed by atoms with Gasteiger partial charge in [-0.3, -0.25) is 4.79 Å². The minimum Gasteiger partial charge on any atom is -0.373 e. The quantitative estimate of drug-likeness (QED) is 0.860. The van der Waals surface area contributed by atoms with Gasteiger partial charge in [0.1, 0.15) is 23.5 Å². The lowest BCUT2D eigenvalue weighted by Crippen LogP contribution is -2.55. The second-order valence-electron chi connectivity index (χ2n) is 5.35. The van der Waals surface area contributed by atoms with E-state index in [1.54, 1.807) is 0 Å². The number of aryl methyl sites for hydroxylation is 1. The van der Waals surface area contributed by atoms with Crippen LogP contribution in [0.25, 0.3) is 0 Å². The number of hydrogen-bond donors (Lipinski definition) is 2. The highest BCUT2D eigenvalue weighted by atomic mass is 16.2. The van der Waals surface area contributed by atoms with Gasteiger partial charge in [0.2, 0.25) is 5.91 Å². The lowest BCUT2D eigenvalue weighted by Gasteiger charge is -2.36. The summed E-state index contributed by atoms with van der Waals surface area (Å²) in [5.41, 5.74) is 1.01. The number of nitrogens with zero attached hydrogens (tertiary/aromatic N) is 3. The van der Waals surface area contributed by atoms with Gasteiger partial charge in [0.05, 0.1) is 0 Å². The Hall–Kier alpha value is -1.85. The van der Waals surface area contributed by atoms with Gasteiger partial charge < -0.3 is 15.5 Å². The molecule has 21 heavy (non-hydrogen) atoms. The largest absolute Gasteiger partial charge is 0.373 e. The van der Waals surface area contributed by atoms with Crippen molar-refractivity contribution >= 4 is 17.5 Å². The molecular weight excluding hydrogens is 266 g/mol. The van der Waals surface area contributed by atoms with Crippen LogP contribution in [0.3, 0.4) is 0 Å². The van der Waals surface area contributed by atoms with Crippen LogP contribution >= 0.6 is 0 Å². The van der Waals surface area contributed by atoms with Gasteiger partial charge in [-0.05, 0) is 19.8 Å². The number of hydrogen-bond acceptors (Lipinski definition) is 5. The maximum absolute atomic E-state index is 12.1. The number of carbonyl (C=O) groups excluding carboxylic acids is 1. The minimum atomic E-state index is -0.147. The molecule has 0 radical (unpaired) electrons. The molecular formula is C15H25N5O. The third-order valence-electron chi connectivity index (χ3n) is 3.87. The van der Waals surface area contributed by atoms with Crippen LogP contribution in [0.1, 0.15) is 38.1 Å². The average molecular weight is 291 g/mol. The van der Waals surface area contributed by atoms with E-state index in [1.807, 2.05) is 20.9 Å². The Kier molecular flexibility index (Phi) is 4.98. The van der Waals surface area contributed by atoms with E-state index in [0.717, 1.165) is 48.8 Å². The molecule has 1 unspecified atom stereocenters. The second kappa shape index (κ2) is 6.74. The normalized spacial score (nSPS) is 18.6. The summed E-state index contributed by atoms with van der Waals surface area (Å²) in [5.74, 6) is 2.66. The molecule has 116 valence electrons. The second-order valence-corrected chi connectivity index (χ2v) is 5.35. The number of rotatable bonds is 5. The van der Waals surface area contributed by atoms with Gasteiger partial charge in [-0.15, -0.1) is 0 Å². The molecule has 0 spiro atoms. The van der Waals surface area contributed by atoms with Crippen molar-refractivity contribution in [2.24, 2.45) is 0 Å². The van der Waals surface area contributed by atoms with Crippen molar-refractivity contribution in [3.63, 3.8) is 0 Å². The number of piperazine rings is 1. The average Bonchev–Trinajstić information content (AvgIpc) is 2.49. The fourth-order valence-corrected chi connectivity index (χ4v) is 2.78. The summed E-state index contributed by atoms with van der Waals surface area (Å²) in [6, 6.07) is -0.147. The Labute approximate surface area is 126 Å². The standard InChI is InChI=1S/C15H25N5O/c1-5-7-12-18-13(16-4)10(3)14(19-12)20-9-8-17-15(21)11(20)6-2/h11H,5-9H2,1-4H3,(H,17,21)(H,16,18,19). The zero-order chi connectivity index (χ0) is 15.4. The summed E-state index contributed by atoms with van der Waals surface area (Å²) in [7, 11) is 1.87. The first kappa shape index (κ1) is 15.5. The van der Waals surface area contributed by atoms with E-state index in [2.05, 4.69) is 27.4 Å². The molecule has 1 amide bonds. The fourth-order valence-electron chi connectivity index (χ4n) is 2.78. The van der Waals surface area contributed by atoms with Crippen LogP contribution in [-0.2, 0) is 11.2 Å². The first-order valence-electron chi connectivity index (χ1n) is 7.71. The summed E-state index contributed by atoms with van der Waals surface area (Å²) in [5, 5.41) is 6.07. The highest BCUT2D eigenvalue weighted by Crippen LogP contribution is 2.27. The van der Waals surface area contributed by atoms with E-state index in [4.69, 9.17) is 4.98 Å². The predicted octanol–water partition coefficient (Wildman–Crippen LogP) is 1.49. The van der Waals surface area contributed by atoms with Crippen LogP contribution in [0.4, 0.5) is 11.6 Å². The zero-order valence-corrected chi connectivity index (χ0v) is 13.4.